The van der Waals surface area contributed by atoms with E-state index in [9.17, 15) is 15.3 Å². The molecule has 2 aliphatic rings. The van der Waals surface area contributed by atoms with Crippen LogP contribution in [0.1, 0.15) is 22.9 Å². The molecule has 1 aliphatic heterocycles. The largest absolute Gasteiger partial charge is 0.390 e. The van der Waals surface area contributed by atoms with Gasteiger partial charge in [-0.1, -0.05) is 18.2 Å². The molecule has 3 aromatic rings. The quantitative estimate of drug-likeness (QED) is 0.512. The zero-order valence-corrected chi connectivity index (χ0v) is 15.1. The van der Waals surface area contributed by atoms with Crippen molar-refractivity contribution in [2.75, 3.05) is 5.73 Å². The van der Waals surface area contributed by atoms with E-state index in [0.717, 1.165) is 18.4 Å². The smallest absolute Gasteiger partial charge is 0.164 e. The van der Waals surface area contributed by atoms with Gasteiger partial charge in [0.05, 0.1) is 11.5 Å². The zero-order chi connectivity index (χ0) is 19.4. The molecule has 5 N–H and O–H groups in total. The van der Waals surface area contributed by atoms with E-state index in [-0.39, 0.29) is 0 Å². The predicted octanol–water partition coefficient (Wildman–Crippen LogP) is 0.335. The number of aromatic nitrogens is 3. The van der Waals surface area contributed by atoms with Crippen LogP contribution in [0.25, 0.3) is 11.0 Å². The molecule has 2 aromatic heterocycles. The van der Waals surface area contributed by atoms with Gasteiger partial charge in [0, 0.05) is 12.6 Å². The Morgan fingerprint density at radius 1 is 1.14 bits per heavy atom. The Kier molecular flexibility index (Phi) is 4.09. The summed E-state index contributed by atoms with van der Waals surface area (Å²) in [5.41, 5.74) is 10.0. The SMILES string of the molecule is Nc1ncnc2c1ccn2[C@@H]1O[C@@H]([C@H](O)Cc2ccc3c(c2)CC3)[C@@H](O)[C@H]1O. The third-order valence-electron chi connectivity index (χ3n) is 5.85. The van der Waals surface area contributed by atoms with Gasteiger partial charge >= 0.3 is 0 Å². The molecule has 8 nitrogen and oxygen atoms in total. The maximum absolute atomic E-state index is 10.7. The Bertz CT molecular complexity index is 1040. The monoisotopic (exact) mass is 382 g/mol. The molecule has 1 saturated heterocycles. The number of nitrogens with zero attached hydrogens (tertiary/aromatic N) is 3. The number of hydrogen-bond donors (Lipinski definition) is 4. The van der Waals surface area contributed by atoms with Crippen LogP contribution in [0.3, 0.4) is 0 Å². The number of aliphatic hydroxyl groups excluding tert-OH is 3. The van der Waals surface area contributed by atoms with Crippen molar-refractivity contribution in [1.29, 1.82) is 0 Å². The van der Waals surface area contributed by atoms with Crippen molar-refractivity contribution < 1.29 is 20.1 Å². The van der Waals surface area contributed by atoms with Gasteiger partial charge < -0.3 is 30.4 Å². The van der Waals surface area contributed by atoms with E-state index in [4.69, 9.17) is 10.5 Å². The molecular formula is C20H22N4O4. The van der Waals surface area contributed by atoms with Gasteiger partial charge in [0.2, 0.25) is 0 Å². The van der Waals surface area contributed by atoms with Crippen LogP contribution >= 0.6 is 0 Å². The summed E-state index contributed by atoms with van der Waals surface area (Å²) in [5.74, 6) is 0.328. The number of hydrogen-bond acceptors (Lipinski definition) is 7. The number of benzene rings is 1. The van der Waals surface area contributed by atoms with Crippen LogP contribution in [0, 0.1) is 0 Å². The highest BCUT2D eigenvalue weighted by Gasteiger charge is 2.47. The van der Waals surface area contributed by atoms with Crippen LogP contribution in [-0.4, -0.2) is 54.3 Å². The van der Waals surface area contributed by atoms with E-state index >= 15 is 0 Å². The average Bonchev–Trinajstić information content (AvgIpc) is 3.20. The summed E-state index contributed by atoms with van der Waals surface area (Å²) in [6, 6.07) is 7.91. The first kappa shape index (κ1) is 17.6. The number of anilines is 1. The topological polar surface area (TPSA) is 127 Å². The highest BCUT2D eigenvalue weighted by atomic mass is 16.6. The van der Waals surface area contributed by atoms with E-state index in [0.29, 0.717) is 23.3 Å². The van der Waals surface area contributed by atoms with E-state index in [1.54, 1.807) is 16.8 Å². The first-order chi connectivity index (χ1) is 13.5. The molecule has 0 saturated carbocycles. The zero-order valence-electron chi connectivity index (χ0n) is 15.1. The normalized spacial score (nSPS) is 27.5. The molecule has 0 spiro atoms. The fourth-order valence-electron chi connectivity index (χ4n) is 4.16. The summed E-state index contributed by atoms with van der Waals surface area (Å²) in [6.45, 7) is 0. The van der Waals surface area contributed by atoms with E-state index in [1.807, 2.05) is 6.07 Å². The average molecular weight is 382 g/mol. The van der Waals surface area contributed by atoms with Crippen LogP contribution in [0.2, 0.25) is 0 Å². The number of ether oxygens (including phenoxy) is 1. The predicted molar refractivity (Wildman–Crippen MR) is 101 cm³/mol. The van der Waals surface area contributed by atoms with Gasteiger partial charge in [0.25, 0.3) is 0 Å². The van der Waals surface area contributed by atoms with Crippen molar-refractivity contribution in [1.82, 2.24) is 14.5 Å². The standard InChI is InChI=1S/C20H22N4O4/c21-18-13-5-6-24(19(13)23-9-22-18)20-16(27)15(26)17(28-20)14(25)8-10-1-2-11-3-4-12(11)7-10/h1-2,5-7,9,14-17,20,25-27H,3-4,8H2,(H2,21,22,23)/t14-,15+,16-,17+,20-/m1/s1. The van der Waals surface area contributed by atoms with E-state index in [2.05, 4.69) is 22.1 Å². The Morgan fingerprint density at radius 2 is 1.96 bits per heavy atom. The van der Waals surface area contributed by atoms with Crippen molar-refractivity contribution in [2.45, 2.75) is 49.9 Å². The summed E-state index contributed by atoms with van der Waals surface area (Å²) < 4.78 is 7.50. The maximum Gasteiger partial charge on any atom is 0.164 e. The van der Waals surface area contributed by atoms with Crippen LogP contribution in [0.4, 0.5) is 5.82 Å². The Morgan fingerprint density at radius 3 is 2.71 bits per heavy atom. The molecule has 0 radical (unpaired) electrons. The van der Waals surface area contributed by atoms with Gasteiger partial charge in [-0.2, -0.15) is 0 Å². The number of fused-ring (bicyclic) bond motifs is 2. The van der Waals surface area contributed by atoms with Gasteiger partial charge in [-0.3, -0.25) is 0 Å². The summed E-state index contributed by atoms with van der Waals surface area (Å²) in [7, 11) is 0. The van der Waals surface area contributed by atoms with E-state index < -0.39 is 30.6 Å². The molecule has 28 heavy (non-hydrogen) atoms. The van der Waals surface area contributed by atoms with Crippen molar-refractivity contribution in [3.05, 3.63) is 53.5 Å². The minimum atomic E-state index is -1.22. The number of aliphatic hydroxyl groups is 3. The fourth-order valence-corrected chi connectivity index (χ4v) is 4.16. The molecule has 8 heteroatoms. The molecule has 5 rings (SSSR count). The van der Waals surface area contributed by atoms with Gasteiger partial charge in [-0.05, 0) is 35.6 Å². The molecule has 0 amide bonds. The second-order valence-electron chi connectivity index (χ2n) is 7.57. The lowest BCUT2D eigenvalue weighted by molar-refractivity contribution is -0.0828. The van der Waals surface area contributed by atoms with E-state index in [1.165, 1.54) is 17.5 Å². The molecular weight excluding hydrogens is 360 g/mol. The van der Waals surface area contributed by atoms with Gasteiger partial charge in [-0.25, -0.2) is 9.97 Å². The molecule has 1 aliphatic carbocycles. The second-order valence-corrected chi connectivity index (χ2v) is 7.57. The lowest BCUT2D eigenvalue weighted by atomic mass is 9.86. The van der Waals surface area contributed by atoms with Crippen molar-refractivity contribution in [3.63, 3.8) is 0 Å². The lowest BCUT2D eigenvalue weighted by Gasteiger charge is -2.23. The van der Waals surface area contributed by atoms with Gasteiger partial charge in [0.1, 0.15) is 36.1 Å². The Labute approximate surface area is 161 Å². The number of rotatable bonds is 4. The molecule has 5 atom stereocenters. The van der Waals surface area contributed by atoms with Gasteiger partial charge in [0.15, 0.2) is 6.23 Å². The third-order valence-corrected chi connectivity index (χ3v) is 5.85. The van der Waals surface area contributed by atoms with Gasteiger partial charge in [-0.15, -0.1) is 0 Å². The van der Waals surface area contributed by atoms with Crippen LogP contribution in [-0.2, 0) is 24.0 Å². The Hall–Kier alpha value is -2.52. The highest BCUT2D eigenvalue weighted by molar-refractivity contribution is 5.86. The second kappa shape index (κ2) is 6.52. The first-order valence-corrected chi connectivity index (χ1v) is 9.40. The van der Waals surface area contributed by atoms with Crippen molar-refractivity contribution in [2.24, 2.45) is 0 Å². The van der Waals surface area contributed by atoms with Crippen LogP contribution < -0.4 is 5.73 Å². The molecule has 0 unspecified atom stereocenters. The first-order valence-electron chi connectivity index (χ1n) is 9.40. The molecule has 0 bridgehead atoms. The molecule has 146 valence electrons. The van der Waals surface area contributed by atoms with Crippen LogP contribution in [0.5, 0.6) is 0 Å². The molecule has 3 heterocycles. The minimum absolute atomic E-state index is 0.328. The highest BCUT2D eigenvalue weighted by Crippen LogP contribution is 2.35. The summed E-state index contributed by atoms with van der Waals surface area (Å²) in [6.07, 6.45) is 0.368. The fraction of sp³-hybridized carbons (Fsp3) is 0.400. The molecule has 1 fully saturated rings. The minimum Gasteiger partial charge on any atom is -0.390 e. The third kappa shape index (κ3) is 2.68. The summed E-state index contributed by atoms with van der Waals surface area (Å²) >= 11 is 0. The Balaban J connectivity index is 1.38. The number of nitrogen functional groups attached to an aromatic ring is 1. The summed E-state index contributed by atoms with van der Waals surface area (Å²) in [4.78, 5) is 8.15. The lowest BCUT2D eigenvalue weighted by Crippen LogP contribution is -2.39. The maximum atomic E-state index is 10.7. The number of nitrogens with two attached hydrogens (primary N) is 1. The summed E-state index contributed by atoms with van der Waals surface area (Å²) in [5, 5.41) is 32.4. The van der Waals surface area contributed by atoms with Crippen molar-refractivity contribution >= 4 is 16.9 Å². The number of aryl methyl sites for hydroxylation is 2. The van der Waals surface area contributed by atoms with Crippen LogP contribution in [0.15, 0.2) is 36.8 Å². The molecule has 1 aromatic carbocycles. The van der Waals surface area contributed by atoms with Crippen molar-refractivity contribution in [3.8, 4) is 0 Å².